The Hall–Kier alpha value is -2.75. The highest BCUT2D eigenvalue weighted by Crippen LogP contribution is 2.27. The lowest BCUT2D eigenvalue weighted by Gasteiger charge is -2.10. The van der Waals surface area contributed by atoms with Gasteiger partial charge in [-0.1, -0.05) is 47.6 Å². The maximum atomic E-state index is 5.90. The van der Waals surface area contributed by atoms with E-state index in [0.29, 0.717) is 18.2 Å². The van der Waals surface area contributed by atoms with E-state index in [2.05, 4.69) is 5.16 Å². The van der Waals surface area contributed by atoms with Gasteiger partial charge in [0.15, 0.2) is 0 Å². The van der Waals surface area contributed by atoms with Crippen LogP contribution in [-0.4, -0.2) is 5.16 Å². The predicted octanol–water partition coefficient (Wildman–Crippen LogP) is 3.81. The monoisotopic (exact) mass is 280 g/mol. The first kappa shape index (κ1) is 13.2. The van der Waals surface area contributed by atoms with Gasteiger partial charge in [-0.05, 0) is 24.1 Å². The van der Waals surface area contributed by atoms with Crippen LogP contribution in [0.4, 0.5) is 5.88 Å². The number of nitrogens with two attached hydrogens (primary N) is 1. The van der Waals surface area contributed by atoms with Gasteiger partial charge in [0, 0.05) is 11.6 Å². The summed E-state index contributed by atoms with van der Waals surface area (Å²) >= 11 is 0. The van der Waals surface area contributed by atoms with Gasteiger partial charge in [0.05, 0.1) is 0 Å². The zero-order valence-corrected chi connectivity index (χ0v) is 11.7. The summed E-state index contributed by atoms with van der Waals surface area (Å²) in [7, 11) is 0. The van der Waals surface area contributed by atoms with Crippen LogP contribution in [-0.2, 0) is 6.61 Å². The number of nitrogen functional groups attached to an aromatic ring is 1. The fourth-order valence-electron chi connectivity index (χ4n) is 2.08. The molecule has 0 atom stereocenters. The molecule has 4 nitrogen and oxygen atoms in total. The van der Waals surface area contributed by atoms with Crippen molar-refractivity contribution < 1.29 is 9.26 Å². The smallest absolute Gasteiger partial charge is 0.222 e. The molecule has 1 aromatic heterocycles. The quantitative estimate of drug-likeness (QED) is 0.789. The third-order valence-corrected chi connectivity index (χ3v) is 3.25. The van der Waals surface area contributed by atoms with Crippen molar-refractivity contribution in [1.29, 1.82) is 0 Å². The molecule has 0 unspecified atom stereocenters. The molecule has 1 heterocycles. The van der Waals surface area contributed by atoms with Crippen LogP contribution < -0.4 is 10.5 Å². The molecule has 0 aliphatic carbocycles. The first-order chi connectivity index (χ1) is 10.2. The molecular formula is C17H16N2O2. The van der Waals surface area contributed by atoms with Gasteiger partial charge in [0.1, 0.15) is 18.1 Å². The Bertz CT molecular complexity index is 736. The molecule has 0 bridgehead atoms. The van der Waals surface area contributed by atoms with Crippen LogP contribution in [0, 0.1) is 6.92 Å². The number of nitrogens with zero attached hydrogens (tertiary/aromatic N) is 1. The standard InChI is InChI=1S/C17H16N2O2/c1-12-7-8-14(15-10-17(18)21-19-15)9-16(12)20-11-13-5-3-2-4-6-13/h2-10H,11,18H2,1H3. The Morgan fingerprint density at radius 1 is 1.10 bits per heavy atom. The molecule has 4 heteroatoms. The topological polar surface area (TPSA) is 61.3 Å². The molecule has 0 amide bonds. The van der Waals surface area contributed by atoms with E-state index in [1.165, 1.54) is 0 Å². The summed E-state index contributed by atoms with van der Waals surface area (Å²) in [6.45, 7) is 2.55. The molecule has 0 saturated carbocycles. The number of anilines is 1. The second-order valence-electron chi connectivity index (χ2n) is 4.87. The minimum absolute atomic E-state index is 0.303. The van der Waals surface area contributed by atoms with E-state index >= 15 is 0 Å². The first-order valence-electron chi connectivity index (χ1n) is 6.72. The van der Waals surface area contributed by atoms with Gasteiger partial charge in [-0.15, -0.1) is 0 Å². The van der Waals surface area contributed by atoms with Crippen molar-refractivity contribution in [2.45, 2.75) is 13.5 Å². The van der Waals surface area contributed by atoms with E-state index in [0.717, 1.165) is 22.4 Å². The minimum atomic E-state index is 0.303. The van der Waals surface area contributed by atoms with E-state index in [9.17, 15) is 0 Å². The maximum Gasteiger partial charge on any atom is 0.222 e. The predicted molar refractivity (Wildman–Crippen MR) is 81.9 cm³/mol. The molecule has 0 aliphatic rings. The largest absolute Gasteiger partial charge is 0.489 e. The molecule has 106 valence electrons. The highest BCUT2D eigenvalue weighted by Gasteiger charge is 2.08. The Morgan fingerprint density at radius 2 is 1.90 bits per heavy atom. The third-order valence-electron chi connectivity index (χ3n) is 3.25. The van der Waals surface area contributed by atoms with E-state index in [1.807, 2.05) is 55.5 Å². The van der Waals surface area contributed by atoms with Crippen LogP contribution in [0.1, 0.15) is 11.1 Å². The molecule has 0 spiro atoms. The van der Waals surface area contributed by atoms with Crippen LogP contribution in [0.3, 0.4) is 0 Å². The van der Waals surface area contributed by atoms with E-state index < -0.39 is 0 Å². The zero-order valence-electron chi connectivity index (χ0n) is 11.7. The lowest BCUT2D eigenvalue weighted by atomic mass is 10.1. The summed E-state index contributed by atoms with van der Waals surface area (Å²) in [6.07, 6.45) is 0. The van der Waals surface area contributed by atoms with Gasteiger partial charge in [-0.2, -0.15) is 0 Å². The summed E-state index contributed by atoms with van der Waals surface area (Å²) in [5, 5.41) is 3.92. The van der Waals surface area contributed by atoms with Crippen molar-refractivity contribution in [2.24, 2.45) is 0 Å². The molecule has 0 saturated heterocycles. The summed E-state index contributed by atoms with van der Waals surface area (Å²) < 4.78 is 10.8. The van der Waals surface area contributed by atoms with Crippen LogP contribution in [0.15, 0.2) is 59.1 Å². The fourth-order valence-corrected chi connectivity index (χ4v) is 2.08. The van der Waals surface area contributed by atoms with Crippen molar-refractivity contribution in [2.75, 3.05) is 5.73 Å². The van der Waals surface area contributed by atoms with Gasteiger partial charge < -0.3 is 15.0 Å². The third kappa shape index (κ3) is 3.05. The van der Waals surface area contributed by atoms with E-state index in [4.69, 9.17) is 15.0 Å². The molecule has 0 radical (unpaired) electrons. The lowest BCUT2D eigenvalue weighted by Crippen LogP contribution is -1.97. The van der Waals surface area contributed by atoms with Gasteiger partial charge >= 0.3 is 0 Å². The molecule has 2 N–H and O–H groups in total. The van der Waals surface area contributed by atoms with Crippen LogP contribution in [0.2, 0.25) is 0 Å². The fraction of sp³-hybridized carbons (Fsp3) is 0.118. The highest BCUT2D eigenvalue weighted by molar-refractivity contribution is 5.64. The molecular weight excluding hydrogens is 264 g/mol. The number of hydrogen-bond acceptors (Lipinski definition) is 4. The summed E-state index contributed by atoms with van der Waals surface area (Å²) in [6, 6.07) is 17.7. The average Bonchev–Trinajstić information content (AvgIpc) is 2.94. The molecule has 3 rings (SSSR count). The minimum Gasteiger partial charge on any atom is -0.489 e. The van der Waals surface area contributed by atoms with Crippen LogP contribution in [0.5, 0.6) is 5.75 Å². The second kappa shape index (κ2) is 5.71. The van der Waals surface area contributed by atoms with Gasteiger partial charge in [-0.3, -0.25) is 0 Å². The average molecular weight is 280 g/mol. The molecule has 0 aliphatic heterocycles. The first-order valence-corrected chi connectivity index (χ1v) is 6.72. The van der Waals surface area contributed by atoms with E-state index in [1.54, 1.807) is 6.07 Å². The van der Waals surface area contributed by atoms with E-state index in [-0.39, 0.29) is 0 Å². The second-order valence-corrected chi connectivity index (χ2v) is 4.87. The van der Waals surface area contributed by atoms with Crippen molar-refractivity contribution >= 4 is 5.88 Å². The van der Waals surface area contributed by atoms with Crippen molar-refractivity contribution in [3.05, 3.63) is 65.7 Å². The Morgan fingerprint density at radius 3 is 2.62 bits per heavy atom. The maximum absolute atomic E-state index is 5.90. The van der Waals surface area contributed by atoms with Gasteiger partial charge in [-0.25, -0.2) is 0 Å². The number of aromatic nitrogens is 1. The Kier molecular flexibility index (Phi) is 3.60. The highest BCUT2D eigenvalue weighted by atomic mass is 16.5. The van der Waals surface area contributed by atoms with Crippen LogP contribution >= 0.6 is 0 Å². The van der Waals surface area contributed by atoms with Crippen LogP contribution in [0.25, 0.3) is 11.3 Å². The lowest BCUT2D eigenvalue weighted by molar-refractivity contribution is 0.304. The number of rotatable bonds is 4. The van der Waals surface area contributed by atoms with Gasteiger partial charge in [0.25, 0.3) is 0 Å². The summed E-state index contributed by atoms with van der Waals surface area (Å²) in [5.41, 5.74) is 9.39. The summed E-state index contributed by atoms with van der Waals surface area (Å²) in [4.78, 5) is 0. The molecule has 3 aromatic rings. The van der Waals surface area contributed by atoms with Crippen molar-refractivity contribution in [3.8, 4) is 17.0 Å². The SMILES string of the molecule is Cc1ccc(-c2cc(N)on2)cc1OCc1ccccc1. The Labute approximate surface area is 123 Å². The number of ether oxygens (including phenoxy) is 1. The molecule has 2 aromatic carbocycles. The number of hydrogen-bond donors (Lipinski definition) is 1. The van der Waals surface area contributed by atoms with Crippen molar-refractivity contribution in [3.63, 3.8) is 0 Å². The number of aryl methyl sites for hydroxylation is 1. The molecule has 21 heavy (non-hydrogen) atoms. The Balaban J connectivity index is 1.81. The normalized spacial score (nSPS) is 10.5. The molecule has 0 fully saturated rings. The van der Waals surface area contributed by atoms with Crippen molar-refractivity contribution in [1.82, 2.24) is 5.16 Å². The summed E-state index contributed by atoms with van der Waals surface area (Å²) in [5.74, 6) is 1.13. The number of benzene rings is 2. The zero-order chi connectivity index (χ0) is 14.7. The van der Waals surface area contributed by atoms with Gasteiger partial charge in [0.2, 0.25) is 5.88 Å².